The number of aromatic nitrogens is 8. The molecule has 0 saturated carbocycles. The van der Waals surface area contributed by atoms with Crippen LogP contribution in [0.2, 0.25) is 0 Å². The molecule has 1 amide bonds. The highest BCUT2D eigenvalue weighted by Crippen LogP contribution is 2.09. The van der Waals surface area contributed by atoms with Crippen LogP contribution in [0.1, 0.15) is 16.1 Å². The molecule has 3 aromatic heterocycles. The number of carbonyl (C=O) groups excluding carboxylic acids is 1. The van der Waals surface area contributed by atoms with Crippen LogP contribution in [0, 0.1) is 6.92 Å². The van der Waals surface area contributed by atoms with Gasteiger partial charge in [0.2, 0.25) is 0 Å². The third-order valence-corrected chi connectivity index (χ3v) is 4.05. The Hall–Kier alpha value is -4.15. The highest BCUT2D eigenvalue weighted by molar-refractivity contribution is 5.94. The number of carbonyl (C=O) groups is 1. The molecule has 2 N–H and O–H groups in total. The van der Waals surface area contributed by atoms with Gasteiger partial charge < -0.3 is 10.6 Å². The second kappa shape index (κ2) is 8.25. The number of amides is 1. The van der Waals surface area contributed by atoms with Crippen molar-refractivity contribution in [3.63, 3.8) is 0 Å². The van der Waals surface area contributed by atoms with Crippen molar-refractivity contribution in [3.8, 4) is 11.5 Å². The van der Waals surface area contributed by atoms with Crippen molar-refractivity contribution in [2.75, 3.05) is 18.4 Å². The zero-order chi connectivity index (χ0) is 20.1. The summed E-state index contributed by atoms with van der Waals surface area (Å²) in [5.41, 5.74) is 2.15. The van der Waals surface area contributed by atoms with Gasteiger partial charge in [0.05, 0.1) is 11.4 Å². The Kier molecular flexibility index (Phi) is 5.18. The Bertz CT molecular complexity index is 1090. The molecule has 1 aromatic carbocycles. The molecule has 4 rings (SSSR count). The molecule has 0 aliphatic rings. The molecule has 3 heterocycles. The van der Waals surface area contributed by atoms with Crippen molar-refractivity contribution in [3.05, 3.63) is 66.2 Å². The summed E-state index contributed by atoms with van der Waals surface area (Å²) in [7, 11) is 0. The van der Waals surface area contributed by atoms with Crippen LogP contribution in [-0.2, 0) is 0 Å². The van der Waals surface area contributed by atoms with Gasteiger partial charge in [0.25, 0.3) is 5.91 Å². The van der Waals surface area contributed by atoms with E-state index < -0.39 is 0 Å². The van der Waals surface area contributed by atoms with E-state index in [1.165, 1.54) is 11.0 Å². The Balaban J connectivity index is 1.27. The van der Waals surface area contributed by atoms with Gasteiger partial charge in [-0.05, 0) is 53.7 Å². The van der Waals surface area contributed by atoms with Crippen LogP contribution >= 0.6 is 0 Å². The number of anilines is 1. The molecule has 4 aromatic rings. The van der Waals surface area contributed by atoms with Crippen molar-refractivity contribution in [1.82, 2.24) is 45.5 Å². The average Bonchev–Trinajstić information content (AvgIpc) is 3.44. The van der Waals surface area contributed by atoms with Crippen molar-refractivity contribution in [2.24, 2.45) is 0 Å². The molecule has 0 aliphatic heterocycles. The summed E-state index contributed by atoms with van der Waals surface area (Å²) in [6, 6.07) is 12.6. The third-order valence-electron chi connectivity index (χ3n) is 4.05. The van der Waals surface area contributed by atoms with Crippen LogP contribution in [0.5, 0.6) is 0 Å². The topological polar surface area (TPSA) is 128 Å². The van der Waals surface area contributed by atoms with E-state index in [9.17, 15) is 4.79 Å². The first-order valence-electron chi connectivity index (χ1n) is 8.91. The number of nitrogens with zero attached hydrogens (tertiary/aromatic N) is 8. The molecule has 0 bridgehead atoms. The molecule has 0 aliphatic carbocycles. The van der Waals surface area contributed by atoms with E-state index in [0.717, 1.165) is 5.69 Å². The van der Waals surface area contributed by atoms with E-state index in [2.05, 4.69) is 41.5 Å². The summed E-state index contributed by atoms with van der Waals surface area (Å²) < 4.78 is 3.15. The Morgan fingerprint density at radius 3 is 2.72 bits per heavy atom. The Morgan fingerprint density at radius 1 is 1.07 bits per heavy atom. The van der Waals surface area contributed by atoms with E-state index in [1.807, 2.05) is 37.4 Å². The van der Waals surface area contributed by atoms with Gasteiger partial charge in [-0.25, -0.2) is 9.36 Å². The number of nitrogens with one attached hydrogen (secondary N) is 2. The quantitative estimate of drug-likeness (QED) is 0.443. The molecular formula is C18H18N10O. The van der Waals surface area contributed by atoms with Gasteiger partial charge in [-0.1, -0.05) is 6.07 Å². The van der Waals surface area contributed by atoms with Crippen LogP contribution in [0.15, 0.2) is 55.0 Å². The second-order valence-electron chi connectivity index (χ2n) is 6.17. The molecule has 0 saturated heterocycles. The predicted molar refractivity (Wildman–Crippen MR) is 104 cm³/mol. The van der Waals surface area contributed by atoms with Gasteiger partial charge in [-0.3, -0.25) is 4.79 Å². The smallest absolute Gasteiger partial charge is 0.251 e. The van der Waals surface area contributed by atoms with Crippen molar-refractivity contribution < 1.29 is 4.79 Å². The summed E-state index contributed by atoms with van der Waals surface area (Å²) in [4.78, 5) is 12.3. The maximum Gasteiger partial charge on any atom is 0.251 e. The van der Waals surface area contributed by atoms with Crippen LogP contribution in [0.4, 0.5) is 5.82 Å². The number of hydrogen-bond donors (Lipinski definition) is 2. The van der Waals surface area contributed by atoms with Crippen LogP contribution < -0.4 is 10.6 Å². The van der Waals surface area contributed by atoms with Crippen LogP contribution in [-0.4, -0.2) is 59.2 Å². The molecule has 29 heavy (non-hydrogen) atoms. The van der Waals surface area contributed by atoms with E-state index in [4.69, 9.17) is 0 Å². The second-order valence-corrected chi connectivity index (χ2v) is 6.17. The molecule has 0 unspecified atom stereocenters. The fourth-order valence-electron chi connectivity index (χ4n) is 2.62. The van der Waals surface area contributed by atoms with Gasteiger partial charge in [-0.2, -0.15) is 5.10 Å². The minimum absolute atomic E-state index is 0.183. The molecule has 0 atom stereocenters. The van der Waals surface area contributed by atoms with E-state index >= 15 is 0 Å². The van der Waals surface area contributed by atoms with E-state index in [-0.39, 0.29) is 5.91 Å². The lowest BCUT2D eigenvalue weighted by Crippen LogP contribution is -2.29. The van der Waals surface area contributed by atoms with Crippen molar-refractivity contribution in [2.45, 2.75) is 6.92 Å². The number of rotatable bonds is 7. The minimum atomic E-state index is -0.183. The molecule has 0 radical (unpaired) electrons. The zero-order valence-corrected chi connectivity index (χ0v) is 15.6. The summed E-state index contributed by atoms with van der Waals surface area (Å²) in [5, 5.41) is 29.5. The molecule has 0 spiro atoms. The Labute approximate surface area is 165 Å². The average molecular weight is 390 g/mol. The van der Waals surface area contributed by atoms with Crippen LogP contribution in [0.3, 0.4) is 0 Å². The van der Waals surface area contributed by atoms with E-state index in [1.54, 1.807) is 22.9 Å². The maximum atomic E-state index is 12.3. The number of tetrazole rings is 1. The summed E-state index contributed by atoms with van der Waals surface area (Å²) in [6.45, 7) is 2.85. The zero-order valence-electron chi connectivity index (χ0n) is 15.6. The van der Waals surface area contributed by atoms with Crippen molar-refractivity contribution >= 4 is 11.7 Å². The minimum Gasteiger partial charge on any atom is -0.367 e. The monoisotopic (exact) mass is 390 g/mol. The predicted octanol–water partition coefficient (Wildman–Crippen LogP) is 0.788. The summed E-state index contributed by atoms with van der Waals surface area (Å²) >= 11 is 0. The lowest BCUT2D eigenvalue weighted by atomic mass is 10.2. The first kappa shape index (κ1) is 18.2. The maximum absolute atomic E-state index is 12.3. The standard InChI is InChI=1S/C18H18N10O/c1-13-7-10-27(24-13)17-6-5-16(22-23-17)19-8-9-20-18(29)14-3-2-4-15(11-14)28-12-21-25-26-28/h2-7,10-12H,8-9H2,1H3,(H,19,22)(H,20,29). The third kappa shape index (κ3) is 4.40. The summed E-state index contributed by atoms with van der Waals surface area (Å²) in [5.74, 6) is 1.07. The van der Waals surface area contributed by atoms with E-state index in [0.29, 0.717) is 36.0 Å². The Morgan fingerprint density at radius 2 is 2.00 bits per heavy atom. The van der Waals surface area contributed by atoms with Gasteiger partial charge in [0.15, 0.2) is 5.82 Å². The van der Waals surface area contributed by atoms with Gasteiger partial charge in [0, 0.05) is 24.8 Å². The summed E-state index contributed by atoms with van der Waals surface area (Å²) in [6.07, 6.45) is 3.30. The van der Waals surface area contributed by atoms with Gasteiger partial charge in [0.1, 0.15) is 12.1 Å². The van der Waals surface area contributed by atoms with Crippen molar-refractivity contribution in [1.29, 1.82) is 0 Å². The normalized spacial score (nSPS) is 10.7. The lowest BCUT2D eigenvalue weighted by molar-refractivity contribution is 0.0955. The SMILES string of the molecule is Cc1ccn(-c2ccc(NCCNC(=O)c3cccc(-n4cnnn4)c3)nn2)n1. The highest BCUT2D eigenvalue weighted by atomic mass is 16.1. The van der Waals surface area contributed by atoms with Gasteiger partial charge in [-0.15, -0.1) is 15.3 Å². The van der Waals surface area contributed by atoms with Crippen LogP contribution in [0.25, 0.3) is 11.5 Å². The molecule has 0 fully saturated rings. The largest absolute Gasteiger partial charge is 0.367 e. The highest BCUT2D eigenvalue weighted by Gasteiger charge is 2.07. The molecule has 146 valence electrons. The number of aryl methyl sites for hydroxylation is 1. The van der Waals surface area contributed by atoms with Gasteiger partial charge >= 0.3 is 0 Å². The molecular weight excluding hydrogens is 372 g/mol. The first-order chi connectivity index (χ1) is 14.2. The number of benzene rings is 1. The first-order valence-corrected chi connectivity index (χ1v) is 8.91. The number of hydrogen-bond acceptors (Lipinski definition) is 8. The molecule has 11 nitrogen and oxygen atoms in total. The molecule has 11 heteroatoms. The fourth-order valence-corrected chi connectivity index (χ4v) is 2.62. The fraction of sp³-hybridized carbons (Fsp3) is 0.167. The lowest BCUT2D eigenvalue weighted by Gasteiger charge is -2.08.